The van der Waals surface area contributed by atoms with E-state index in [9.17, 15) is 4.79 Å². The third-order valence-electron chi connectivity index (χ3n) is 2.73. The predicted molar refractivity (Wildman–Crippen MR) is 70.0 cm³/mol. The maximum atomic E-state index is 11.7. The van der Waals surface area contributed by atoms with Gasteiger partial charge >= 0.3 is 5.97 Å². The highest BCUT2D eigenvalue weighted by molar-refractivity contribution is 6.38. The average molecular weight is 265 g/mol. The van der Waals surface area contributed by atoms with Crippen molar-refractivity contribution >= 4 is 28.5 Å². The lowest BCUT2D eigenvalue weighted by molar-refractivity contribution is 0.0518. The molecular weight excluding hydrogens is 252 g/mol. The van der Waals surface area contributed by atoms with Crippen molar-refractivity contribution in [3.05, 3.63) is 34.0 Å². The number of fused-ring (bicyclic) bond motifs is 1. The number of halogens is 1. The van der Waals surface area contributed by atoms with Crippen LogP contribution < -0.4 is 0 Å². The molecule has 0 radical (unpaired) electrons. The Morgan fingerprint density at radius 3 is 2.61 bits per heavy atom. The summed E-state index contributed by atoms with van der Waals surface area (Å²) in [6.45, 7) is 5.86. The summed E-state index contributed by atoms with van der Waals surface area (Å²) in [5, 5.41) is 9.01. The van der Waals surface area contributed by atoms with Crippen molar-refractivity contribution in [2.45, 2.75) is 20.8 Å². The minimum absolute atomic E-state index is 0.0692. The second-order valence-electron chi connectivity index (χ2n) is 4.01. The Morgan fingerprint density at radius 2 is 1.94 bits per heavy atom. The summed E-state index contributed by atoms with van der Waals surface area (Å²) in [6, 6.07) is 3.90. The van der Waals surface area contributed by atoms with Crippen LogP contribution >= 0.6 is 11.6 Å². The Morgan fingerprint density at radius 1 is 1.28 bits per heavy atom. The molecule has 0 saturated carbocycles. The molecule has 5 heteroatoms. The molecule has 1 aromatic carbocycles. The molecule has 4 nitrogen and oxygen atoms in total. The standard InChI is InChI=1S/C13H13ClN2O2/c1-4-18-13(17)12-10(14)9-7(2)5-6-8(3)11(9)15-16-12/h5-6H,4H2,1-3H3. The zero-order chi connectivity index (χ0) is 13.3. The lowest BCUT2D eigenvalue weighted by Crippen LogP contribution is -2.10. The van der Waals surface area contributed by atoms with Crippen LogP contribution in [0.1, 0.15) is 28.5 Å². The number of rotatable bonds is 2. The molecule has 2 rings (SSSR count). The van der Waals surface area contributed by atoms with E-state index in [2.05, 4.69) is 10.2 Å². The van der Waals surface area contributed by atoms with Crippen LogP contribution in [0.25, 0.3) is 10.9 Å². The first kappa shape index (κ1) is 12.8. The zero-order valence-electron chi connectivity index (χ0n) is 10.5. The average Bonchev–Trinajstić information content (AvgIpc) is 2.34. The van der Waals surface area contributed by atoms with Gasteiger partial charge in [0.15, 0.2) is 5.69 Å². The van der Waals surface area contributed by atoms with E-state index >= 15 is 0 Å². The minimum Gasteiger partial charge on any atom is -0.461 e. The molecule has 0 atom stereocenters. The number of nitrogens with zero attached hydrogens (tertiary/aromatic N) is 2. The number of ether oxygens (including phenoxy) is 1. The molecule has 2 aromatic rings. The quantitative estimate of drug-likeness (QED) is 0.782. The van der Waals surface area contributed by atoms with Crippen LogP contribution in [0.5, 0.6) is 0 Å². The molecule has 18 heavy (non-hydrogen) atoms. The zero-order valence-corrected chi connectivity index (χ0v) is 11.2. The Labute approximate surface area is 110 Å². The van der Waals surface area contributed by atoms with Gasteiger partial charge in [-0.25, -0.2) is 4.79 Å². The summed E-state index contributed by atoms with van der Waals surface area (Å²) >= 11 is 6.25. The van der Waals surface area contributed by atoms with Crippen molar-refractivity contribution in [3.8, 4) is 0 Å². The van der Waals surface area contributed by atoms with Crippen LogP contribution in [-0.2, 0) is 4.74 Å². The Hall–Kier alpha value is -1.68. The third kappa shape index (κ3) is 2.04. The van der Waals surface area contributed by atoms with Crippen LogP contribution in [0.15, 0.2) is 12.1 Å². The second-order valence-corrected chi connectivity index (χ2v) is 4.38. The van der Waals surface area contributed by atoms with Gasteiger partial charge in [-0.05, 0) is 31.9 Å². The van der Waals surface area contributed by atoms with Crippen LogP contribution in [0, 0.1) is 13.8 Å². The van der Waals surface area contributed by atoms with Gasteiger partial charge in [-0.3, -0.25) is 0 Å². The van der Waals surface area contributed by atoms with Gasteiger partial charge in [-0.1, -0.05) is 23.7 Å². The summed E-state index contributed by atoms with van der Waals surface area (Å²) in [5.41, 5.74) is 2.72. The molecule has 0 aliphatic rings. The second kappa shape index (κ2) is 4.90. The topological polar surface area (TPSA) is 52.1 Å². The first-order chi connectivity index (χ1) is 8.56. The molecule has 0 unspecified atom stereocenters. The van der Waals surface area contributed by atoms with Gasteiger partial charge in [0.05, 0.1) is 17.1 Å². The number of hydrogen-bond donors (Lipinski definition) is 0. The number of aryl methyl sites for hydroxylation is 2. The van der Waals surface area contributed by atoms with Gasteiger partial charge in [0.1, 0.15) is 0 Å². The minimum atomic E-state index is -0.544. The fraction of sp³-hybridized carbons (Fsp3) is 0.308. The molecule has 0 bridgehead atoms. The molecular formula is C13H13ClN2O2. The largest absolute Gasteiger partial charge is 0.461 e. The number of aromatic nitrogens is 2. The molecule has 0 amide bonds. The number of esters is 1. The first-order valence-corrected chi connectivity index (χ1v) is 6.03. The van der Waals surface area contributed by atoms with Crippen LogP contribution in [0.3, 0.4) is 0 Å². The highest BCUT2D eigenvalue weighted by Crippen LogP contribution is 2.29. The van der Waals surface area contributed by atoms with Gasteiger partial charge < -0.3 is 4.74 Å². The van der Waals surface area contributed by atoms with E-state index < -0.39 is 5.97 Å². The van der Waals surface area contributed by atoms with Gasteiger partial charge in [0.25, 0.3) is 0 Å². The first-order valence-electron chi connectivity index (χ1n) is 5.65. The smallest absolute Gasteiger partial charge is 0.360 e. The normalized spacial score (nSPS) is 10.7. The summed E-state index contributed by atoms with van der Waals surface area (Å²) in [4.78, 5) is 11.7. The van der Waals surface area contributed by atoms with E-state index in [0.29, 0.717) is 10.5 Å². The predicted octanol–water partition coefficient (Wildman–Crippen LogP) is 3.08. The van der Waals surface area contributed by atoms with Gasteiger partial charge in [-0.15, -0.1) is 10.2 Å². The van der Waals surface area contributed by atoms with Crippen molar-refractivity contribution in [1.82, 2.24) is 10.2 Å². The third-order valence-corrected chi connectivity index (χ3v) is 3.10. The maximum Gasteiger partial charge on any atom is 0.360 e. The van der Waals surface area contributed by atoms with E-state index in [4.69, 9.17) is 16.3 Å². The molecule has 1 heterocycles. The van der Waals surface area contributed by atoms with Gasteiger partial charge in [0, 0.05) is 5.39 Å². The summed E-state index contributed by atoms with van der Waals surface area (Å²) < 4.78 is 4.90. The van der Waals surface area contributed by atoms with Crippen molar-refractivity contribution in [3.63, 3.8) is 0 Å². The molecule has 94 valence electrons. The Kier molecular flexibility index (Phi) is 3.48. The fourth-order valence-electron chi connectivity index (χ4n) is 1.79. The number of carbonyl (C=O) groups is 1. The number of benzene rings is 1. The van der Waals surface area contributed by atoms with E-state index in [0.717, 1.165) is 16.5 Å². The van der Waals surface area contributed by atoms with Crippen LogP contribution in [0.4, 0.5) is 0 Å². The molecule has 0 aliphatic carbocycles. The monoisotopic (exact) mass is 264 g/mol. The number of carbonyl (C=O) groups excluding carboxylic acids is 1. The molecule has 1 aromatic heterocycles. The Bertz CT molecular complexity index is 626. The molecule has 0 N–H and O–H groups in total. The molecule has 0 spiro atoms. The van der Waals surface area contributed by atoms with Crippen molar-refractivity contribution in [1.29, 1.82) is 0 Å². The SMILES string of the molecule is CCOC(=O)c1nnc2c(C)ccc(C)c2c1Cl. The summed E-state index contributed by atoms with van der Waals surface area (Å²) in [7, 11) is 0. The van der Waals surface area contributed by atoms with Crippen molar-refractivity contribution in [2.75, 3.05) is 6.61 Å². The molecule has 0 saturated heterocycles. The highest BCUT2D eigenvalue weighted by Gasteiger charge is 2.18. The maximum absolute atomic E-state index is 11.7. The van der Waals surface area contributed by atoms with Gasteiger partial charge in [0.2, 0.25) is 0 Å². The summed E-state index contributed by atoms with van der Waals surface area (Å²) in [5.74, 6) is -0.544. The van der Waals surface area contributed by atoms with E-state index in [1.165, 1.54) is 0 Å². The molecule has 0 aliphatic heterocycles. The summed E-state index contributed by atoms with van der Waals surface area (Å²) in [6.07, 6.45) is 0. The van der Waals surface area contributed by atoms with E-state index in [1.54, 1.807) is 6.92 Å². The van der Waals surface area contributed by atoms with Crippen molar-refractivity contribution < 1.29 is 9.53 Å². The fourth-order valence-corrected chi connectivity index (χ4v) is 2.15. The van der Waals surface area contributed by atoms with E-state index in [1.807, 2.05) is 26.0 Å². The van der Waals surface area contributed by atoms with E-state index in [-0.39, 0.29) is 12.3 Å². The molecule has 0 fully saturated rings. The van der Waals surface area contributed by atoms with Crippen LogP contribution in [-0.4, -0.2) is 22.8 Å². The lowest BCUT2D eigenvalue weighted by atomic mass is 10.1. The van der Waals surface area contributed by atoms with Crippen LogP contribution in [0.2, 0.25) is 5.02 Å². The van der Waals surface area contributed by atoms with Gasteiger partial charge in [-0.2, -0.15) is 0 Å². The Balaban J connectivity index is 2.71. The number of hydrogen-bond acceptors (Lipinski definition) is 4. The van der Waals surface area contributed by atoms with Crippen molar-refractivity contribution in [2.24, 2.45) is 0 Å². The lowest BCUT2D eigenvalue weighted by Gasteiger charge is -2.09. The highest BCUT2D eigenvalue weighted by atomic mass is 35.5.